The second-order valence-corrected chi connectivity index (χ2v) is 9.24. The highest BCUT2D eigenvalue weighted by atomic mass is 32.1. The molecule has 31 heavy (non-hydrogen) atoms. The number of carbonyl (C=O) groups excluding carboxylic acids is 1. The number of nitrogens with zero attached hydrogens (tertiary/aromatic N) is 3. The third-order valence-electron chi connectivity index (χ3n) is 5.40. The fourth-order valence-corrected chi connectivity index (χ4v) is 4.68. The van der Waals surface area contributed by atoms with E-state index in [2.05, 4.69) is 21.5 Å². The van der Waals surface area contributed by atoms with Crippen LogP contribution in [0, 0.1) is 17.1 Å². The average Bonchev–Trinajstić information content (AvgIpc) is 3.30. The molecule has 0 radical (unpaired) electrons. The molecule has 0 spiro atoms. The van der Waals surface area contributed by atoms with Gasteiger partial charge < -0.3 is 14.6 Å². The number of benzene rings is 1. The number of rotatable bonds is 6. The van der Waals surface area contributed by atoms with Crippen molar-refractivity contribution < 1.29 is 18.4 Å². The zero-order valence-corrected chi connectivity index (χ0v) is 18.5. The van der Waals surface area contributed by atoms with Gasteiger partial charge in [-0.3, -0.25) is 4.79 Å². The largest absolute Gasteiger partial charge is 0.486 e. The summed E-state index contributed by atoms with van der Waals surface area (Å²) >= 11 is 1.41. The van der Waals surface area contributed by atoms with Gasteiger partial charge in [0.25, 0.3) is 0 Å². The van der Waals surface area contributed by atoms with Gasteiger partial charge in [0.15, 0.2) is 17.3 Å². The van der Waals surface area contributed by atoms with Gasteiger partial charge in [-0.2, -0.15) is 5.26 Å². The van der Waals surface area contributed by atoms with Gasteiger partial charge in [0.05, 0.1) is 27.0 Å². The molecule has 1 fully saturated rings. The number of halogens is 1. The number of nitriles is 1. The van der Waals surface area contributed by atoms with E-state index in [4.69, 9.17) is 9.26 Å². The van der Waals surface area contributed by atoms with E-state index in [1.54, 1.807) is 0 Å². The molecule has 162 valence electrons. The molecule has 2 aromatic heterocycles. The monoisotopic (exact) mass is 442 g/mol. The highest BCUT2D eigenvalue weighted by Gasteiger charge is 2.36. The van der Waals surface area contributed by atoms with E-state index in [1.165, 1.54) is 24.3 Å². The van der Waals surface area contributed by atoms with Crippen LogP contribution in [0.2, 0.25) is 0 Å². The smallest absolute Gasteiger partial charge is 0.217 e. The summed E-state index contributed by atoms with van der Waals surface area (Å²) in [6, 6.07) is 5.02. The Bertz CT molecular complexity index is 1170. The highest BCUT2D eigenvalue weighted by molar-refractivity contribution is 7.18. The van der Waals surface area contributed by atoms with Crippen LogP contribution in [-0.4, -0.2) is 22.2 Å². The van der Waals surface area contributed by atoms with Crippen molar-refractivity contribution in [3.8, 4) is 11.8 Å². The Balaban J connectivity index is 1.47. The number of hydrogen-bond acceptors (Lipinski definition) is 7. The van der Waals surface area contributed by atoms with Crippen LogP contribution in [0.3, 0.4) is 0 Å². The maximum atomic E-state index is 14.7. The van der Waals surface area contributed by atoms with Gasteiger partial charge in [-0.1, -0.05) is 19.0 Å². The van der Waals surface area contributed by atoms with E-state index in [1.807, 2.05) is 26.8 Å². The number of thiazole rings is 1. The summed E-state index contributed by atoms with van der Waals surface area (Å²) in [6.45, 7) is 7.30. The minimum atomic E-state index is -0.569. The van der Waals surface area contributed by atoms with Crippen molar-refractivity contribution >= 4 is 27.5 Å². The number of carbonyl (C=O) groups is 1. The van der Waals surface area contributed by atoms with E-state index in [0.717, 1.165) is 10.7 Å². The number of fused-ring (bicyclic) bond motifs is 1. The number of ether oxygens (including phenoxy) is 1. The molecule has 1 aliphatic rings. The lowest BCUT2D eigenvalue weighted by molar-refractivity contribution is -0.119. The lowest BCUT2D eigenvalue weighted by atomic mass is 9.80. The van der Waals surface area contributed by atoms with Crippen LogP contribution in [0.4, 0.5) is 4.39 Å². The first-order valence-corrected chi connectivity index (χ1v) is 11.0. The summed E-state index contributed by atoms with van der Waals surface area (Å²) in [6.07, 6.45) is 1.07. The average molecular weight is 443 g/mol. The molecule has 1 aliphatic carbocycles. The number of aromatic nitrogens is 2. The van der Waals surface area contributed by atoms with E-state index in [0.29, 0.717) is 28.8 Å². The minimum absolute atomic E-state index is 0.00229. The topological polar surface area (TPSA) is 101 Å². The van der Waals surface area contributed by atoms with E-state index < -0.39 is 5.82 Å². The first-order valence-electron chi connectivity index (χ1n) is 10.2. The van der Waals surface area contributed by atoms with E-state index in [-0.39, 0.29) is 41.2 Å². The quantitative estimate of drug-likeness (QED) is 0.580. The molecular weight excluding hydrogens is 419 g/mol. The fourth-order valence-electron chi connectivity index (χ4n) is 3.64. The van der Waals surface area contributed by atoms with Crippen molar-refractivity contribution in [1.29, 1.82) is 5.26 Å². The van der Waals surface area contributed by atoms with Gasteiger partial charge in [-0.25, -0.2) is 9.37 Å². The maximum absolute atomic E-state index is 14.7. The van der Waals surface area contributed by atoms with Gasteiger partial charge in [-0.05, 0) is 19.8 Å². The first-order chi connectivity index (χ1) is 14.8. The Morgan fingerprint density at radius 1 is 1.39 bits per heavy atom. The van der Waals surface area contributed by atoms with Crippen molar-refractivity contribution in [2.24, 2.45) is 0 Å². The first kappa shape index (κ1) is 21.2. The molecule has 1 N–H and O–H groups in total. The Kier molecular flexibility index (Phi) is 5.67. The molecule has 1 atom stereocenters. The van der Waals surface area contributed by atoms with Crippen LogP contribution in [0.25, 0.3) is 10.2 Å². The Hall–Kier alpha value is -2.99. The van der Waals surface area contributed by atoms with Gasteiger partial charge in [-0.15, -0.1) is 11.3 Å². The summed E-state index contributed by atoms with van der Waals surface area (Å²) in [5.74, 6) is 0.198. The van der Waals surface area contributed by atoms with E-state index in [9.17, 15) is 14.4 Å². The molecular formula is C22H23FN4O3S. The normalized spacial score (nSPS) is 19.1. The molecule has 9 heteroatoms. The summed E-state index contributed by atoms with van der Waals surface area (Å²) in [4.78, 5) is 15.7. The van der Waals surface area contributed by atoms with Crippen molar-refractivity contribution in [2.75, 3.05) is 0 Å². The molecule has 1 saturated carbocycles. The highest BCUT2D eigenvalue weighted by Crippen LogP contribution is 2.42. The van der Waals surface area contributed by atoms with Crippen LogP contribution in [0.5, 0.6) is 5.75 Å². The third-order valence-corrected chi connectivity index (χ3v) is 6.79. The number of hydrogen-bond donors (Lipinski definition) is 1. The molecule has 3 aromatic rings. The lowest BCUT2D eigenvalue weighted by Gasteiger charge is -2.34. The second-order valence-electron chi connectivity index (χ2n) is 8.21. The van der Waals surface area contributed by atoms with E-state index >= 15 is 0 Å². The third kappa shape index (κ3) is 4.12. The minimum Gasteiger partial charge on any atom is -0.486 e. The predicted molar refractivity (Wildman–Crippen MR) is 114 cm³/mol. The summed E-state index contributed by atoms with van der Waals surface area (Å²) < 4.78 is 26.7. The fraction of sp³-hybridized carbons (Fsp3) is 0.455. The molecule has 0 unspecified atom stereocenters. The molecule has 2 heterocycles. The molecule has 4 rings (SSSR count). The molecule has 0 bridgehead atoms. The lowest BCUT2D eigenvalue weighted by Crippen LogP contribution is -2.33. The standard InChI is InChI=1S/C22H23FN4O3S/c1-10(2)22-26-18-7-16(23)20(15(9-24)21(18)31-22)29-14-5-13(6-14)17-8-19(30-27-17)11(3)25-12(4)28/h7-8,10-11,13-14H,5-6H2,1-4H3,(H,25,28)/t11-,13?,14?/m0/s1. The molecule has 1 aromatic carbocycles. The SMILES string of the molecule is CC(=O)N[C@@H](C)c1cc(C2CC(Oc3c(F)cc4nc(C(C)C)sc4c3C#N)C2)no1. The van der Waals surface area contributed by atoms with Gasteiger partial charge in [0, 0.05) is 30.9 Å². The summed E-state index contributed by atoms with van der Waals surface area (Å²) in [5.41, 5.74) is 1.48. The Labute approximate surface area is 183 Å². The van der Waals surface area contributed by atoms with Crippen molar-refractivity contribution in [2.45, 2.75) is 64.5 Å². The van der Waals surface area contributed by atoms with Crippen LogP contribution >= 0.6 is 11.3 Å². The van der Waals surface area contributed by atoms with Crippen LogP contribution in [0.15, 0.2) is 16.7 Å². The van der Waals surface area contributed by atoms with Gasteiger partial charge in [0.1, 0.15) is 17.7 Å². The van der Waals surface area contributed by atoms with Crippen LogP contribution in [-0.2, 0) is 4.79 Å². The van der Waals surface area contributed by atoms with Crippen molar-refractivity contribution in [3.63, 3.8) is 0 Å². The molecule has 1 amide bonds. The Morgan fingerprint density at radius 2 is 2.13 bits per heavy atom. The van der Waals surface area contributed by atoms with Crippen LogP contribution < -0.4 is 10.1 Å². The predicted octanol–water partition coefficient (Wildman–Crippen LogP) is 4.94. The molecule has 7 nitrogen and oxygen atoms in total. The zero-order valence-electron chi connectivity index (χ0n) is 17.7. The molecule has 0 aliphatic heterocycles. The summed E-state index contributed by atoms with van der Waals surface area (Å²) in [5, 5.41) is 17.4. The maximum Gasteiger partial charge on any atom is 0.217 e. The summed E-state index contributed by atoms with van der Waals surface area (Å²) in [7, 11) is 0. The Morgan fingerprint density at radius 3 is 2.77 bits per heavy atom. The second kappa shape index (κ2) is 8.27. The van der Waals surface area contributed by atoms with Gasteiger partial charge in [0.2, 0.25) is 5.91 Å². The van der Waals surface area contributed by atoms with Gasteiger partial charge >= 0.3 is 0 Å². The van der Waals surface area contributed by atoms with Crippen LogP contribution in [0.1, 0.15) is 80.4 Å². The van der Waals surface area contributed by atoms with Crippen molar-refractivity contribution in [3.05, 3.63) is 40.0 Å². The number of nitrogens with one attached hydrogen (secondary N) is 1. The van der Waals surface area contributed by atoms with Crippen molar-refractivity contribution in [1.82, 2.24) is 15.5 Å². The molecule has 0 saturated heterocycles. The number of amides is 1. The zero-order chi connectivity index (χ0) is 22.3.